The molecule has 3 N–H and O–H groups in total. The quantitative estimate of drug-likeness (QED) is 0.442. The molecule has 6 nitrogen and oxygen atoms in total. The lowest BCUT2D eigenvalue weighted by atomic mass is 10.0. The Labute approximate surface area is 193 Å². The van der Waals surface area contributed by atoms with Crippen LogP contribution in [0.5, 0.6) is 0 Å². The third kappa shape index (κ3) is 7.51. The predicted octanol–water partition coefficient (Wildman–Crippen LogP) is 4.71. The summed E-state index contributed by atoms with van der Waals surface area (Å²) in [6.07, 6.45) is 0. The lowest BCUT2D eigenvalue weighted by Crippen LogP contribution is -2.51. The van der Waals surface area contributed by atoms with Gasteiger partial charge in [0.1, 0.15) is 0 Å². The first kappa shape index (κ1) is 23.5. The molecule has 3 rings (SSSR count). The minimum absolute atomic E-state index is 0.176. The van der Waals surface area contributed by atoms with Crippen molar-refractivity contribution in [3.63, 3.8) is 0 Å². The Bertz CT molecular complexity index is 1020. The Kier molecular flexibility index (Phi) is 8.03. The minimum Gasteiger partial charge on any atom is -0.347 e. The molecule has 0 aliphatic carbocycles. The van der Waals surface area contributed by atoms with Crippen molar-refractivity contribution in [2.45, 2.75) is 32.5 Å². The van der Waals surface area contributed by atoms with Crippen molar-refractivity contribution >= 4 is 29.0 Å². The molecule has 0 aliphatic heterocycles. The molecule has 2 aromatic carbocycles. The average molecular weight is 451 g/mol. The first-order valence-electron chi connectivity index (χ1n) is 10.5. The van der Waals surface area contributed by atoms with Crippen LogP contribution in [0.2, 0.25) is 0 Å². The number of nitrogens with zero attached hydrogens (tertiary/aromatic N) is 1. The zero-order valence-electron chi connectivity index (χ0n) is 18.7. The minimum atomic E-state index is -0.441. The van der Waals surface area contributed by atoms with Gasteiger partial charge in [-0.05, 0) is 56.1 Å². The number of benzene rings is 2. The van der Waals surface area contributed by atoms with Gasteiger partial charge in [0, 0.05) is 34.8 Å². The van der Waals surface area contributed by atoms with E-state index in [1.54, 1.807) is 35.6 Å². The molecule has 0 fully saturated rings. The second-order valence-electron chi connectivity index (χ2n) is 8.46. The lowest BCUT2D eigenvalue weighted by molar-refractivity contribution is 0.0951. The first-order valence-corrected chi connectivity index (χ1v) is 11.4. The van der Waals surface area contributed by atoms with Crippen molar-refractivity contribution in [1.29, 1.82) is 0 Å². The number of amides is 3. The van der Waals surface area contributed by atoms with Gasteiger partial charge in [0.15, 0.2) is 0 Å². The Morgan fingerprint density at radius 1 is 1.00 bits per heavy atom. The van der Waals surface area contributed by atoms with Crippen LogP contribution in [0.15, 0.2) is 72.1 Å². The molecule has 0 aliphatic rings. The number of anilines is 1. The van der Waals surface area contributed by atoms with Gasteiger partial charge in [-0.1, -0.05) is 42.5 Å². The van der Waals surface area contributed by atoms with Crippen molar-refractivity contribution in [3.8, 4) is 0 Å². The van der Waals surface area contributed by atoms with E-state index in [9.17, 15) is 9.59 Å². The molecule has 1 aromatic heterocycles. The number of urea groups is 1. The van der Waals surface area contributed by atoms with Gasteiger partial charge in [-0.15, -0.1) is 11.3 Å². The highest BCUT2D eigenvalue weighted by Gasteiger charge is 2.22. The maximum absolute atomic E-state index is 12.6. The summed E-state index contributed by atoms with van der Waals surface area (Å²) < 4.78 is 0. The van der Waals surface area contributed by atoms with Crippen LogP contribution in [0.1, 0.15) is 34.6 Å². The number of hydrogen-bond acceptors (Lipinski definition) is 4. The van der Waals surface area contributed by atoms with Crippen LogP contribution in [0, 0.1) is 0 Å². The van der Waals surface area contributed by atoms with Gasteiger partial charge in [0.05, 0.1) is 6.54 Å². The molecule has 3 aromatic rings. The highest BCUT2D eigenvalue weighted by Crippen LogP contribution is 2.14. The van der Waals surface area contributed by atoms with E-state index < -0.39 is 5.54 Å². The molecule has 0 saturated heterocycles. The molecular formula is C25H30N4O2S. The Morgan fingerprint density at radius 3 is 2.50 bits per heavy atom. The zero-order valence-corrected chi connectivity index (χ0v) is 19.5. The van der Waals surface area contributed by atoms with Crippen LogP contribution in [-0.4, -0.2) is 36.0 Å². The van der Waals surface area contributed by atoms with Crippen LogP contribution in [0.4, 0.5) is 10.5 Å². The molecule has 7 heteroatoms. The molecule has 168 valence electrons. The summed E-state index contributed by atoms with van der Waals surface area (Å²) in [6.45, 7) is 5.95. The molecule has 32 heavy (non-hydrogen) atoms. The molecule has 0 unspecified atom stereocenters. The van der Waals surface area contributed by atoms with Gasteiger partial charge in [-0.2, -0.15) is 0 Å². The van der Waals surface area contributed by atoms with E-state index in [1.807, 2.05) is 56.6 Å². The summed E-state index contributed by atoms with van der Waals surface area (Å²) in [4.78, 5) is 28.3. The van der Waals surface area contributed by atoms with Crippen molar-refractivity contribution < 1.29 is 9.59 Å². The third-order valence-corrected chi connectivity index (χ3v) is 5.67. The largest absolute Gasteiger partial charge is 0.347 e. The van der Waals surface area contributed by atoms with Crippen molar-refractivity contribution in [3.05, 3.63) is 88.1 Å². The summed E-state index contributed by atoms with van der Waals surface area (Å²) in [5.41, 5.74) is 1.86. The van der Waals surface area contributed by atoms with Crippen LogP contribution in [0.25, 0.3) is 0 Å². The maximum Gasteiger partial charge on any atom is 0.319 e. The second kappa shape index (κ2) is 10.9. The fourth-order valence-corrected chi connectivity index (χ4v) is 4.20. The first-order chi connectivity index (χ1) is 15.3. The van der Waals surface area contributed by atoms with E-state index in [-0.39, 0.29) is 11.9 Å². The summed E-state index contributed by atoms with van der Waals surface area (Å²) in [7, 11) is 2.03. The van der Waals surface area contributed by atoms with Gasteiger partial charge in [-0.3, -0.25) is 9.69 Å². The topological polar surface area (TPSA) is 73.5 Å². The van der Waals surface area contributed by atoms with Crippen molar-refractivity contribution in [2.75, 3.05) is 18.9 Å². The molecule has 0 saturated carbocycles. The standard InChI is InChI=1S/C25H30N4O2S/c1-25(2,18-29(3)17-19-9-5-4-6-10-19)28-24(31)27-21-12-7-11-20(15-21)23(30)26-16-22-13-8-14-32-22/h4-15H,16-18H2,1-3H3,(H,26,30)(H2,27,28,31). The predicted molar refractivity (Wildman–Crippen MR) is 131 cm³/mol. The SMILES string of the molecule is CN(Cc1ccccc1)CC(C)(C)NC(=O)Nc1cccc(C(=O)NCc2cccs2)c1. The van der Waals surface area contributed by atoms with Crippen LogP contribution in [-0.2, 0) is 13.1 Å². The fourth-order valence-electron chi connectivity index (χ4n) is 3.56. The van der Waals surface area contributed by atoms with E-state index in [0.717, 1.165) is 11.4 Å². The number of rotatable bonds is 9. The van der Waals surface area contributed by atoms with E-state index in [1.165, 1.54) is 5.56 Å². The zero-order chi connectivity index (χ0) is 23.0. The van der Waals surface area contributed by atoms with Crippen LogP contribution in [0.3, 0.4) is 0 Å². The molecule has 3 amide bonds. The van der Waals surface area contributed by atoms with Crippen molar-refractivity contribution in [2.24, 2.45) is 0 Å². The molecule has 0 spiro atoms. The smallest absolute Gasteiger partial charge is 0.319 e. The number of carbonyl (C=O) groups excluding carboxylic acids is 2. The average Bonchev–Trinajstić information content (AvgIpc) is 3.25. The Balaban J connectivity index is 1.51. The van der Waals surface area contributed by atoms with Gasteiger partial charge < -0.3 is 16.0 Å². The lowest BCUT2D eigenvalue weighted by Gasteiger charge is -2.31. The van der Waals surface area contributed by atoms with Crippen LogP contribution < -0.4 is 16.0 Å². The summed E-state index contributed by atoms with van der Waals surface area (Å²) in [5, 5.41) is 10.7. The van der Waals surface area contributed by atoms with Gasteiger partial charge in [0.25, 0.3) is 5.91 Å². The van der Waals surface area contributed by atoms with Gasteiger partial charge in [0.2, 0.25) is 0 Å². The number of hydrogen-bond donors (Lipinski definition) is 3. The molecule has 0 bridgehead atoms. The number of carbonyl (C=O) groups is 2. The molecule has 0 atom stereocenters. The fraction of sp³-hybridized carbons (Fsp3) is 0.280. The summed E-state index contributed by atoms with van der Waals surface area (Å²) in [6, 6.07) is 20.8. The van der Waals surface area contributed by atoms with E-state index in [2.05, 4.69) is 33.0 Å². The van der Waals surface area contributed by atoms with Gasteiger partial charge in [-0.25, -0.2) is 4.79 Å². The highest BCUT2D eigenvalue weighted by molar-refractivity contribution is 7.09. The molecular weight excluding hydrogens is 420 g/mol. The Morgan fingerprint density at radius 2 is 1.78 bits per heavy atom. The number of likely N-dealkylation sites (N-methyl/N-ethyl adjacent to an activating group) is 1. The summed E-state index contributed by atoms with van der Waals surface area (Å²) >= 11 is 1.60. The number of thiophene rings is 1. The molecule has 1 heterocycles. The van der Waals surface area contributed by atoms with Gasteiger partial charge >= 0.3 is 6.03 Å². The Hall–Kier alpha value is -3.16. The van der Waals surface area contributed by atoms with Crippen LogP contribution >= 0.6 is 11.3 Å². The van der Waals surface area contributed by atoms with E-state index >= 15 is 0 Å². The monoisotopic (exact) mass is 450 g/mol. The maximum atomic E-state index is 12.6. The van der Waals surface area contributed by atoms with E-state index in [0.29, 0.717) is 24.3 Å². The number of nitrogens with one attached hydrogen (secondary N) is 3. The third-order valence-electron chi connectivity index (χ3n) is 4.80. The summed E-state index contributed by atoms with van der Waals surface area (Å²) in [5.74, 6) is -0.176. The highest BCUT2D eigenvalue weighted by atomic mass is 32.1. The van der Waals surface area contributed by atoms with E-state index in [4.69, 9.17) is 0 Å². The molecule has 0 radical (unpaired) electrons. The second-order valence-corrected chi connectivity index (χ2v) is 9.50. The normalized spacial score (nSPS) is 11.2. The van der Waals surface area contributed by atoms with Crippen molar-refractivity contribution in [1.82, 2.24) is 15.5 Å².